The summed E-state index contributed by atoms with van der Waals surface area (Å²) in [6.45, 7) is 5.58. The van der Waals surface area contributed by atoms with E-state index in [4.69, 9.17) is 20.9 Å². The first-order valence-corrected chi connectivity index (χ1v) is 10.3. The molecule has 0 unspecified atom stereocenters. The van der Waals surface area contributed by atoms with Gasteiger partial charge in [-0.05, 0) is 44.9 Å². The van der Waals surface area contributed by atoms with Crippen LogP contribution in [0.3, 0.4) is 0 Å². The number of H-pyrrole nitrogens is 1. The SMILES string of the molecule is COC(=O)[C@H](Cc1nc2ccc(/C=C/CCN=C(N)N)cc2c(=O)[nH]1)NC(=O)OC(C)(C)C. The van der Waals surface area contributed by atoms with Crippen LogP contribution in [0.1, 0.15) is 38.6 Å². The zero-order chi connectivity index (χ0) is 24.6. The van der Waals surface area contributed by atoms with E-state index in [2.05, 4.69) is 20.3 Å². The Labute approximate surface area is 191 Å². The van der Waals surface area contributed by atoms with Crippen molar-refractivity contribution in [2.75, 3.05) is 13.7 Å². The molecule has 11 nitrogen and oxygen atoms in total. The van der Waals surface area contributed by atoms with Gasteiger partial charge in [-0.15, -0.1) is 0 Å². The van der Waals surface area contributed by atoms with Crippen molar-refractivity contribution in [2.45, 2.75) is 45.3 Å². The Morgan fingerprint density at radius 2 is 2.03 bits per heavy atom. The van der Waals surface area contributed by atoms with Gasteiger partial charge in [0.05, 0.1) is 18.0 Å². The molecule has 0 saturated heterocycles. The first kappa shape index (κ1) is 25.4. The number of aromatic amines is 1. The quantitative estimate of drug-likeness (QED) is 0.197. The van der Waals surface area contributed by atoms with E-state index in [9.17, 15) is 14.4 Å². The third kappa shape index (κ3) is 8.28. The molecule has 0 radical (unpaired) electrons. The molecule has 0 aliphatic carbocycles. The molecule has 1 amide bonds. The minimum atomic E-state index is -1.09. The van der Waals surface area contributed by atoms with E-state index in [1.807, 2.05) is 18.2 Å². The lowest BCUT2D eigenvalue weighted by molar-refractivity contribution is -0.143. The van der Waals surface area contributed by atoms with E-state index in [0.717, 1.165) is 5.56 Å². The predicted octanol–water partition coefficient (Wildman–Crippen LogP) is 1.21. The van der Waals surface area contributed by atoms with E-state index in [1.165, 1.54) is 7.11 Å². The van der Waals surface area contributed by atoms with Crippen molar-refractivity contribution in [3.8, 4) is 0 Å². The van der Waals surface area contributed by atoms with Crippen LogP contribution in [0.4, 0.5) is 4.79 Å². The van der Waals surface area contributed by atoms with Crippen molar-refractivity contribution in [1.82, 2.24) is 15.3 Å². The van der Waals surface area contributed by atoms with Crippen molar-refractivity contribution in [3.63, 3.8) is 0 Å². The number of fused-ring (bicyclic) bond motifs is 1. The minimum Gasteiger partial charge on any atom is -0.467 e. The number of guanidine groups is 1. The Balaban J connectivity index is 2.20. The van der Waals surface area contributed by atoms with E-state index in [1.54, 1.807) is 32.9 Å². The molecule has 178 valence electrons. The van der Waals surface area contributed by atoms with Crippen LogP contribution >= 0.6 is 0 Å². The molecular formula is C22H30N6O5. The second kappa shape index (κ2) is 11.1. The molecule has 6 N–H and O–H groups in total. The average molecular weight is 459 g/mol. The number of alkyl carbamates (subject to hydrolysis) is 1. The van der Waals surface area contributed by atoms with Crippen LogP contribution in [0.5, 0.6) is 0 Å². The van der Waals surface area contributed by atoms with E-state index in [-0.39, 0.29) is 23.8 Å². The maximum absolute atomic E-state index is 12.6. The molecule has 0 fully saturated rings. The molecule has 1 aromatic carbocycles. The molecule has 1 aromatic heterocycles. The molecule has 0 spiro atoms. The highest BCUT2D eigenvalue weighted by Crippen LogP contribution is 2.13. The van der Waals surface area contributed by atoms with Crippen LogP contribution in [0.25, 0.3) is 17.0 Å². The predicted molar refractivity (Wildman–Crippen MR) is 126 cm³/mol. The first-order valence-electron chi connectivity index (χ1n) is 10.3. The summed E-state index contributed by atoms with van der Waals surface area (Å²) in [5.74, 6) is -0.428. The molecular weight excluding hydrogens is 428 g/mol. The lowest BCUT2D eigenvalue weighted by atomic mass is 10.1. The summed E-state index contributed by atoms with van der Waals surface area (Å²) < 4.78 is 9.95. The van der Waals surface area contributed by atoms with Crippen LogP contribution in [-0.4, -0.2) is 53.3 Å². The Morgan fingerprint density at radius 3 is 2.67 bits per heavy atom. The number of aromatic nitrogens is 2. The Kier molecular flexibility index (Phi) is 8.55. The molecule has 0 aliphatic heterocycles. The van der Waals surface area contributed by atoms with Gasteiger partial charge >= 0.3 is 12.1 Å². The molecule has 0 bridgehead atoms. The fourth-order valence-corrected chi connectivity index (χ4v) is 2.87. The van der Waals surface area contributed by atoms with Crippen LogP contribution < -0.4 is 22.3 Å². The van der Waals surface area contributed by atoms with Crippen LogP contribution in [0.2, 0.25) is 0 Å². The monoisotopic (exact) mass is 458 g/mol. The van der Waals surface area contributed by atoms with Gasteiger partial charge in [-0.2, -0.15) is 0 Å². The van der Waals surface area contributed by atoms with Crippen molar-refractivity contribution in [2.24, 2.45) is 16.5 Å². The number of aliphatic imine (C=N–C) groups is 1. The topological polar surface area (TPSA) is 175 Å². The Hall–Kier alpha value is -3.89. The van der Waals surface area contributed by atoms with Gasteiger partial charge in [0.1, 0.15) is 17.5 Å². The lowest BCUT2D eigenvalue weighted by Crippen LogP contribution is -2.45. The molecule has 11 heteroatoms. The number of carbonyl (C=O) groups excluding carboxylic acids is 2. The van der Waals surface area contributed by atoms with Crippen molar-refractivity contribution in [1.29, 1.82) is 0 Å². The summed E-state index contributed by atoms with van der Waals surface area (Å²) in [5.41, 5.74) is 10.7. The molecule has 2 rings (SSSR count). The normalized spacial score (nSPS) is 12.4. The number of nitrogens with two attached hydrogens (primary N) is 2. The third-order valence-electron chi connectivity index (χ3n) is 4.25. The van der Waals surface area contributed by atoms with E-state index in [0.29, 0.717) is 23.9 Å². The largest absolute Gasteiger partial charge is 0.467 e. The van der Waals surface area contributed by atoms with E-state index >= 15 is 0 Å². The van der Waals surface area contributed by atoms with Gasteiger partial charge in [0.2, 0.25) is 0 Å². The summed E-state index contributed by atoms with van der Waals surface area (Å²) in [7, 11) is 1.20. The number of carbonyl (C=O) groups is 2. The zero-order valence-corrected chi connectivity index (χ0v) is 19.2. The van der Waals surface area contributed by atoms with E-state index < -0.39 is 23.7 Å². The number of amides is 1. The number of esters is 1. The summed E-state index contributed by atoms with van der Waals surface area (Å²) in [4.78, 5) is 47.9. The molecule has 1 heterocycles. The van der Waals surface area contributed by atoms with Crippen molar-refractivity contribution in [3.05, 3.63) is 46.0 Å². The highest BCUT2D eigenvalue weighted by atomic mass is 16.6. The zero-order valence-electron chi connectivity index (χ0n) is 19.2. The molecule has 0 saturated carbocycles. The number of nitrogens with zero attached hydrogens (tertiary/aromatic N) is 2. The minimum absolute atomic E-state index is 0.0400. The highest BCUT2D eigenvalue weighted by molar-refractivity contribution is 5.82. The first-order chi connectivity index (χ1) is 15.5. The van der Waals surface area contributed by atoms with Gasteiger partial charge in [0.15, 0.2) is 5.96 Å². The van der Waals surface area contributed by atoms with Gasteiger partial charge in [-0.3, -0.25) is 9.79 Å². The lowest BCUT2D eigenvalue weighted by Gasteiger charge is -2.22. The molecule has 2 aromatic rings. The van der Waals surface area contributed by atoms with Crippen LogP contribution in [-0.2, 0) is 20.7 Å². The second-order valence-electron chi connectivity index (χ2n) is 8.21. The van der Waals surface area contributed by atoms with Crippen LogP contribution in [0.15, 0.2) is 34.1 Å². The van der Waals surface area contributed by atoms with Gasteiger partial charge in [0.25, 0.3) is 5.56 Å². The number of hydrogen-bond donors (Lipinski definition) is 4. The van der Waals surface area contributed by atoms with Crippen molar-refractivity contribution < 1.29 is 19.1 Å². The third-order valence-corrected chi connectivity index (χ3v) is 4.25. The number of hydrogen-bond acceptors (Lipinski definition) is 7. The highest BCUT2D eigenvalue weighted by Gasteiger charge is 2.26. The summed E-state index contributed by atoms with van der Waals surface area (Å²) in [5, 5.41) is 2.85. The maximum Gasteiger partial charge on any atom is 0.408 e. The second-order valence-corrected chi connectivity index (χ2v) is 8.21. The summed E-state index contributed by atoms with van der Waals surface area (Å²) >= 11 is 0. The molecule has 1 atom stereocenters. The standard InChI is InChI=1S/C22H30N6O5/c1-22(2,3)33-21(31)27-16(19(30)32-4)12-17-26-15-9-8-13(11-14(15)18(29)28-17)7-5-6-10-25-20(23)24/h5,7-9,11,16H,6,10,12H2,1-4H3,(H,27,31)(H4,23,24,25)(H,26,28,29)/b7-5+/t16-/m0/s1. The smallest absolute Gasteiger partial charge is 0.408 e. The van der Waals surface area contributed by atoms with Gasteiger partial charge in [-0.1, -0.05) is 18.2 Å². The average Bonchev–Trinajstić information content (AvgIpc) is 2.71. The number of methoxy groups -OCH3 is 1. The summed E-state index contributed by atoms with van der Waals surface area (Å²) in [6.07, 6.45) is 3.53. The number of nitrogens with one attached hydrogen (secondary N) is 2. The molecule has 0 aliphatic rings. The fraction of sp³-hybridized carbons (Fsp3) is 0.409. The Bertz CT molecular complexity index is 1110. The number of rotatable bonds is 8. The number of benzene rings is 1. The summed E-state index contributed by atoms with van der Waals surface area (Å²) in [6, 6.07) is 4.14. The van der Waals surface area contributed by atoms with Crippen LogP contribution in [0, 0.1) is 0 Å². The maximum atomic E-state index is 12.6. The fourth-order valence-electron chi connectivity index (χ4n) is 2.87. The number of ether oxygens (including phenoxy) is 2. The van der Waals surface area contributed by atoms with Gasteiger partial charge in [-0.25, -0.2) is 14.6 Å². The molecule has 33 heavy (non-hydrogen) atoms. The van der Waals surface area contributed by atoms with Gasteiger partial charge in [0, 0.05) is 13.0 Å². The van der Waals surface area contributed by atoms with Gasteiger partial charge < -0.3 is 31.2 Å². The Morgan fingerprint density at radius 1 is 1.30 bits per heavy atom. The van der Waals surface area contributed by atoms with Crippen molar-refractivity contribution >= 4 is 35.0 Å².